The third kappa shape index (κ3) is 5.32. The van der Waals surface area contributed by atoms with E-state index in [9.17, 15) is 9.59 Å². The molecule has 29 heavy (non-hydrogen) atoms. The largest absolute Gasteiger partial charge is 0.326 e. The Kier molecular flexibility index (Phi) is 6.45. The number of nitrogens with one attached hydrogen (secondary N) is 2. The second-order valence-electron chi connectivity index (χ2n) is 7.45. The predicted molar refractivity (Wildman–Crippen MR) is 118 cm³/mol. The summed E-state index contributed by atoms with van der Waals surface area (Å²) >= 11 is 0. The molecule has 0 aliphatic heterocycles. The molecule has 0 fully saturated rings. The SMILES string of the molecule is Cc1ccc(NC(=O)C(C)C)cc1NC(=O)c1ccccc1Cc1ccccc1. The van der Waals surface area contributed by atoms with Crippen LogP contribution in [0.1, 0.15) is 40.9 Å². The van der Waals surface area contributed by atoms with Gasteiger partial charge in [0.1, 0.15) is 0 Å². The van der Waals surface area contributed by atoms with Crippen LogP contribution < -0.4 is 10.6 Å². The monoisotopic (exact) mass is 386 g/mol. The molecule has 0 radical (unpaired) electrons. The highest BCUT2D eigenvalue weighted by atomic mass is 16.2. The van der Waals surface area contributed by atoms with Crippen molar-refractivity contribution in [1.82, 2.24) is 0 Å². The van der Waals surface area contributed by atoms with Crippen molar-refractivity contribution in [2.24, 2.45) is 5.92 Å². The average molecular weight is 386 g/mol. The summed E-state index contributed by atoms with van der Waals surface area (Å²) in [6.07, 6.45) is 0.688. The highest BCUT2D eigenvalue weighted by molar-refractivity contribution is 6.06. The van der Waals surface area contributed by atoms with Crippen LogP contribution in [0.15, 0.2) is 72.8 Å². The molecule has 0 saturated heterocycles. The molecule has 148 valence electrons. The molecular weight excluding hydrogens is 360 g/mol. The molecule has 3 aromatic rings. The molecule has 2 N–H and O–H groups in total. The molecule has 4 nitrogen and oxygen atoms in total. The number of anilines is 2. The number of benzene rings is 3. The van der Waals surface area contributed by atoms with Gasteiger partial charge in [-0.1, -0.05) is 68.4 Å². The lowest BCUT2D eigenvalue weighted by molar-refractivity contribution is -0.118. The number of amides is 2. The summed E-state index contributed by atoms with van der Waals surface area (Å²) in [5.74, 6) is -0.328. The van der Waals surface area contributed by atoms with Crippen LogP contribution in [0.25, 0.3) is 0 Å². The number of hydrogen-bond donors (Lipinski definition) is 2. The van der Waals surface area contributed by atoms with E-state index >= 15 is 0 Å². The van der Waals surface area contributed by atoms with Crippen molar-refractivity contribution in [2.75, 3.05) is 10.6 Å². The maximum atomic E-state index is 13.0. The van der Waals surface area contributed by atoms with Gasteiger partial charge >= 0.3 is 0 Å². The lowest BCUT2D eigenvalue weighted by atomic mass is 9.99. The van der Waals surface area contributed by atoms with Gasteiger partial charge in [-0.25, -0.2) is 0 Å². The molecule has 3 rings (SSSR count). The Morgan fingerprint density at radius 1 is 0.862 bits per heavy atom. The lowest BCUT2D eigenvalue weighted by Crippen LogP contribution is -2.18. The Labute approximate surface area is 172 Å². The van der Waals surface area contributed by atoms with E-state index in [-0.39, 0.29) is 17.7 Å². The number of carbonyl (C=O) groups excluding carboxylic acids is 2. The maximum absolute atomic E-state index is 13.0. The fourth-order valence-corrected chi connectivity index (χ4v) is 3.02. The third-order valence-corrected chi connectivity index (χ3v) is 4.78. The van der Waals surface area contributed by atoms with Crippen LogP contribution in [0.4, 0.5) is 11.4 Å². The first-order valence-corrected chi connectivity index (χ1v) is 9.78. The zero-order valence-corrected chi connectivity index (χ0v) is 17.0. The standard InChI is InChI=1S/C25H26N2O2/c1-17(2)24(28)26-21-14-13-18(3)23(16-21)27-25(29)22-12-8-7-11-20(22)15-19-9-5-4-6-10-19/h4-14,16-17H,15H2,1-3H3,(H,26,28)(H,27,29). The van der Waals surface area contributed by atoms with Crippen molar-refractivity contribution in [2.45, 2.75) is 27.2 Å². The minimum Gasteiger partial charge on any atom is -0.326 e. The summed E-state index contributed by atoms with van der Waals surface area (Å²) in [5.41, 5.74) is 5.06. The summed E-state index contributed by atoms with van der Waals surface area (Å²) in [7, 11) is 0. The minimum atomic E-state index is -0.160. The van der Waals surface area contributed by atoms with Crippen molar-refractivity contribution < 1.29 is 9.59 Å². The Bertz CT molecular complexity index is 1010. The van der Waals surface area contributed by atoms with Gasteiger partial charge in [-0.3, -0.25) is 9.59 Å². The Balaban J connectivity index is 1.81. The zero-order valence-electron chi connectivity index (χ0n) is 17.0. The van der Waals surface area contributed by atoms with Crippen LogP contribution >= 0.6 is 0 Å². The zero-order chi connectivity index (χ0) is 20.8. The van der Waals surface area contributed by atoms with Crippen LogP contribution in [0.2, 0.25) is 0 Å². The van der Waals surface area contributed by atoms with Crippen LogP contribution in [-0.2, 0) is 11.2 Å². The Hall–Kier alpha value is -3.40. The molecule has 0 unspecified atom stereocenters. The molecule has 3 aromatic carbocycles. The van der Waals surface area contributed by atoms with Crippen molar-refractivity contribution in [1.29, 1.82) is 0 Å². The molecule has 0 aliphatic rings. The maximum Gasteiger partial charge on any atom is 0.255 e. The predicted octanol–water partition coefficient (Wildman–Crippen LogP) is 5.43. The molecule has 0 heterocycles. The Morgan fingerprint density at radius 3 is 2.28 bits per heavy atom. The summed E-state index contributed by atoms with van der Waals surface area (Å²) in [6, 6.07) is 23.3. The Morgan fingerprint density at radius 2 is 1.55 bits per heavy atom. The topological polar surface area (TPSA) is 58.2 Å². The number of rotatable bonds is 6. The van der Waals surface area contributed by atoms with Gasteiger partial charge in [0.2, 0.25) is 5.91 Å². The van der Waals surface area contributed by atoms with Gasteiger partial charge in [0.15, 0.2) is 0 Å². The number of carbonyl (C=O) groups is 2. The molecule has 0 aliphatic carbocycles. The highest BCUT2D eigenvalue weighted by Crippen LogP contribution is 2.23. The molecule has 0 saturated carbocycles. The summed E-state index contributed by atoms with van der Waals surface area (Å²) < 4.78 is 0. The van der Waals surface area contributed by atoms with E-state index in [4.69, 9.17) is 0 Å². The third-order valence-electron chi connectivity index (χ3n) is 4.78. The number of aryl methyl sites for hydroxylation is 1. The van der Waals surface area contributed by atoms with Crippen LogP contribution in [0, 0.1) is 12.8 Å². The molecule has 0 bridgehead atoms. The average Bonchev–Trinajstić information content (AvgIpc) is 2.71. The van der Waals surface area contributed by atoms with Gasteiger partial charge in [0.05, 0.1) is 0 Å². The molecule has 2 amide bonds. The van der Waals surface area contributed by atoms with Gasteiger partial charge in [-0.2, -0.15) is 0 Å². The number of hydrogen-bond acceptors (Lipinski definition) is 2. The van der Waals surface area contributed by atoms with Crippen molar-refractivity contribution in [3.8, 4) is 0 Å². The molecule has 0 aromatic heterocycles. The van der Waals surface area contributed by atoms with Crippen LogP contribution in [0.3, 0.4) is 0 Å². The highest BCUT2D eigenvalue weighted by Gasteiger charge is 2.14. The first-order chi connectivity index (χ1) is 13.9. The van der Waals surface area contributed by atoms with E-state index in [1.807, 2.05) is 75.4 Å². The van der Waals surface area contributed by atoms with Crippen molar-refractivity contribution >= 4 is 23.2 Å². The minimum absolute atomic E-state index is 0.0562. The van der Waals surface area contributed by atoms with Crippen LogP contribution in [-0.4, -0.2) is 11.8 Å². The second kappa shape index (κ2) is 9.20. The summed E-state index contributed by atoms with van der Waals surface area (Å²) in [5, 5.41) is 5.88. The van der Waals surface area contributed by atoms with Crippen molar-refractivity contribution in [3.63, 3.8) is 0 Å². The van der Waals surface area contributed by atoms with E-state index in [0.717, 1.165) is 16.7 Å². The van der Waals surface area contributed by atoms with Gasteiger partial charge in [-0.15, -0.1) is 0 Å². The van der Waals surface area contributed by atoms with E-state index < -0.39 is 0 Å². The van der Waals surface area contributed by atoms with Crippen molar-refractivity contribution in [3.05, 3.63) is 95.1 Å². The first kappa shape index (κ1) is 20.3. The van der Waals surface area contributed by atoms with Gasteiger partial charge in [0.25, 0.3) is 5.91 Å². The summed E-state index contributed by atoms with van der Waals surface area (Å²) in [4.78, 5) is 25.0. The molecule has 4 heteroatoms. The van der Waals surface area contributed by atoms with Gasteiger partial charge < -0.3 is 10.6 Å². The second-order valence-corrected chi connectivity index (χ2v) is 7.45. The molecular formula is C25H26N2O2. The van der Waals surface area contributed by atoms with E-state index in [0.29, 0.717) is 23.4 Å². The molecule has 0 spiro atoms. The fourth-order valence-electron chi connectivity index (χ4n) is 3.02. The molecule has 0 atom stereocenters. The smallest absolute Gasteiger partial charge is 0.255 e. The van der Waals surface area contributed by atoms with Crippen LogP contribution in [0.5, 0.6) is 0 Å². The normalized spacial score (nSPS) is 10.6. The van der Waals surface area contributed by atoms with Gasteiger partial charge in [-0.05, 0) is 48.2 Å². The first-order valence-electron chi connectivity index (χ1n) is 9.78. The quantitative estimate of drug-likeness (QED) is 0.593. The fraction of sp³-hybridized carbons (Fsp3) is 0.200. The lowest BCUT2D eigenvalue weighted by Gasteiger charge is -2.14. The summed E-state index contributed by atoms with van der Waals surface area (Å²) in [6.45, 7) is 5.62. The van der Waals surface area contributed by atoms with E-state index in [1.165, 1.54) is 0 Å². The van der Waals surface area contributed by atoms with E-state index in [2.05, 4.69) is 22.8 Å². The van der Waals surface area contributed by atoms with Gasteiger partial charge in [0, 0.05) is 22.9 Å². The van der Waals surface area contributed by atoms with E-state index in [1.54, 1.807) is 6.07 Å².